The molecule has 1 aromatic carbocycles. The van der Waals surface area contributed by atoms with Gasteiger partial charge in [-0.3, -0.25) is 4.79 Å². The fourth-order valence-electron chi connectivity index (χ4n) is 3.23. The zero-order valence-corrected chi connectivity index (χ0v) is 13.4. The van der Waals surface area contributed by atoms with Crippen LogP contribution in [0.4, 0.5) is 0 Å². The first-order valence-electron chi connectivity index (χ1n) is 8.12. The van der Waals surface area contributed by atoms with Crippen molar-refractivity contribution in [1.82, 2.24) is 10.2 Å². The highest BCUT2D eigenvalue weighted by atomic mass is 16.2. The van der Waals surface area contributed by atoms with Gasteiger partial charge in [-0.1, -0.05) is 49.6 Å². The molecule has 1 fully saturated rings. The molecule has 1 amide bonds. The lowest BCUT2D eigenvalue weighted by Crippen LogP contribution is -2.48. The van der Waals surface area contributed by atoms with E-state index in [-0.39, 0.29) is 11.4 Å². The van der Waals surface area contributed by atoms with Gasteiger partial charge in [0.1, 0.15) is 0 Å². The van der Waals surface area contributed by atoms with E-state index in [4.69, 9.17) is 0 Å². The van der Waals surface area contributed by atoms with E-state index in [1.165, 1.54) is 24.8 Å². The van der Waals surface area contributed by atoms with Crippen molar-refractivity contribution in [3.63, 3.8) is 0 Å². The third-order valence-electron chi connectivity index (χ3n) is 4.84. The summed E-state index contributed by atoms with van der Waals surface area (Å²) in [5.74, 6) is 0.266. The molecule has 3 nitrogen and oxygen atoms in total. The summed E-state index contributed by atoms with van der Waals surface area (Å²) in [6.45, 7) is 0.794. The van der Waals surface area contributed by atoms with E-state index in [0.717, 1.165) is 25.8 Å². The largest absolute Gasteiger partial charge is 0.345 e. The summed E-state index contributed by atoms with van der Waals surface area (Å²) in [7, 11) is 3.93. The molecule has 0 spiro atoms. The van der Waals surface area contributed by atoms with Crippen molar-refractivity contribution in [1.29, 1.82) is 0 Å². The van der Waals surface area contributed by atoms with E-state index >= 15 is 0 Å². The highest BCUT2D eigenvalue weighted by molar-refractivity contribution is 5.77. The van der Waals surface area contributed by atoms with Crippen LogP contribution in [-0.4, -0.2) is 37.0 Å². The topological polar surface area (TPSA) is 32.3 Å². The van der Waals surface area contributed by atoms with Crippen LogP contribution < -0.4 is 5.32 Å². The molecule has 1 aliphatic rings. The van der Waals surface area contributed by atoms with Crippen LogP contribution in [-0.2, 0) is 11.2 Å². The predicted molar refractivity (Wildman–Crippen MR) is 87.3 cm³/mol. The lowest BCUT2D eigenvalue weighted by molar-refractivity contribution is -0.131. The van der Waals surface area contributed by atoms with Crippen LogP contribution in [0.3, 0.4) is 0 Å². The van der Waals surface area contributed by atoms with Crippen LogP contribution in [0, 0.1) is 0 Å². The quantitative estimate of drug-likeness (QED) is 0.873. The van der Waals surface area contributed by atoms with Crippen LogP contribution in [0.15, 0.2) is 30.3 Å². The summed E-state index contributed by atoms with van der Waals surface area (Å²) < 4.78 is 0. The SMILES string of the molecule is CNC1(CC(=O)N(C)CCc2ccccc2)CCCCC1. The number of nitrogens with zero attached hydrogens (tertiary/aromatic N) is 1. The maximum absolute atomic E-state index is 12.5. The van der Waals surface area contributed by atoms with E-state index < -0.39 is 0 Å². The zero-order chi connectivity index (χ0) is 15.1. The van der Waals surface area contributed by atoms with Gasteiger partial charge in [0.25, 0.3) is 0 Å². The van der Waals surface area contributed by atoms with Crippen molar-refractivity contribution in [2.75, 3.05) is 20.6 Å². The number of amides is 1. The number of carbonyl (C=O) groups is 1. The Kier molecular flexibility index (Phi) is 5.80. The molecule has 1 saturated carbocycles. The molecule has 1 aliphatic carbocycles. The Hall–Kier alpha value is -1.35. The molecular formula is C18H28N2O. The minimum atomic E-state index is 0.0380. The minimum absolute atomic E-state index is 0.0380. The van der Waals surface area contributed by atoms with Gasteiger partial charge in [0.2, 0.25) is 5.91 Å². The second kappa shape index (κ2) is 7.60. The van der Waals surface area contributed by atoms with Crippen LogP contribution in [0.2, 0.25) is 0 Å². The average Bonchev–Trinajstić information content (AvgIpc) is 2.54. The number of hydrogen-bond donors (Lipinski definition) is 1. The molecule has 1 aromatic rings. The third-order valence-corrected chi connectivity index (χ3v) is 4.84. The third kappa shape index (κ3) is 4.57. The van der Waals surface area contributed by atoms with Crippen molar-refractivity contribution >= 4 is 5.91 Å². The molecule has 0 saturated heterocycles. The summed E-state index contributed by atoms with van der Waals surface area (Å²) in [6, 6.07) is 10.4. The lowest BCUT2D eigenvalue weighted by Gasteiger charge is -2.37. The molecule has 116 valence electrons. The van der Waals surface area contributed by atoms with Gasteiger partial charge in [-0.15, -0.1) is 0 Å². The van der Waals surface area contributed by atoms with Gasteiger partial charge in [-0.2, -0.15) is 0 Å². The molecule has 0 aliphatic heterocycles. The summed E-state index contributed by atoms with van der Waals surface area (Å²) in [5, 5.41) is 3.43. The predicted octanol–water partition coefficient (Wildman–Crippen LogP) is 3.00. The second-order valence-electron chi connectivity index (χ2n) is 6.32. The fraction of sp³-hybridized carbons (Fsp3) is 0.611. The van der Waals surface area contributed by atoms with Gasteiger partial charge >= 0.3 is 0 Å². The second-order valence-corrected chi connectivity index (χ2v) is 6.32. The van der Waals surface area contributed by atoms with Gasteiger partial charge in [-0.05, 0) is 31.9 Å². The number of nitrogens with one attached hydrogen (secondary N) is 1. The van der Waals surface area contributed by atoms with Crippen molar-refractivity contribution in [2.24, 2.45) is 0 Å². The van der Waals surface area contributed by atoms with Gasteiger partial charge in [0, 0.05) is 25.6 Å². The van der Waals surface area contributed by atoms with E-state index in [1.807, 2.05) is 25.1 Å². The number of carbonyl (C=O) groups excluding carboxylic acids is 1. The van der Waals surface area contributed by atoms with Gasteiger partial charge in [-0.25, -0.2) is 0 Å². The molecule has 1 N–H and O–H groups in total. The number of benzene rings is 1. The van der Waals surface area contributed by atoms with Crippen molar-refractivity contribution < 1.29 is 4.79 Å². The van der Waals surface area contributed by atoms with Crippen LogP contribution in [0.25, 0.3) is 0 Å². The fourth-order valence-corrected chi connectivity index (χ4v) is 3.23. The Morgan fingerprint density at radius 1 is 1.19 bits per heavy atom. The number of rotatable bonds is 6. The van der Waals surface area contributed by atoms with E-state index in [1.54, 1.807) is 0 Å². The smallest absolute Gasteiger partial charge is 0.224 e. The van der Waals surface area contributed by atoms with Crippen molar-refractivity contribution in [2.45, 2.75) is 50.5 Å². The standard InChI is InChI=1S/C18H28N2O/c1-19-18(12-7-4-8-13-18)15-17(21)20(2)14-11-16-9-5-3-6-10-16/h3,5-6,9-10,19H,4,7-8,11-15H2,1-2H3. The molecule has 2 rings (SSSR count). The number of hydrogen-bond acceptors (Lipinski definition) is 2. The Morgan fingerprint density at radius 2 is 1.86 bits per heavy atom. The van der Waals surface area contributed by atoms with Crippen LogP contribution in [0.5, 0.6) is 0 Å². The highest BCUT2D eigenvalue weighted by Crippen LogP contribution is 2.31. The maximum Gasteiger partial charge on any atom is 0.224 e. The summed E-state index contributed by atoms with van der Waals surface area (Å²) in [5.41, 5.74) is 1.33. The van der Waals surface area contributed by atoms with Crippen molar-refractivity contribution in [3.8, 4) is 0 Å². The van der Waals surface area contributed by atoms with Crippen molar-refractivity contribution in [3.05, 3.63) is 35.9 Å². The number of likely N-dealkylation sites (N-methyl/N-ethyl adjacent to an activating group) is 1. The Labute approximate surface area is 128 Å². The molecule has 0 heterocycles. The molecule has 0 atom stereocenters. The molecular weight excluding hydrogens is 260 g/mol. The minimum Gasteiger partial charge on any atom is -0.345 e. The Morgan fingerprint density at radius 3 is 2.48 bits per heavy atom. The molecule has 0 bridgehead atoms. The Bertz CT molecular complexity index is 438. The summed E-state index contributed by atoms with van der Waals surface area (Å²) in [6.07, 6.45) is 7.60. The van der Waals surface area contributed by atoms with Gasteiger partial charge in [0.05, 0.1) is 0 Å². The lowest BCUT2D eigenvalue weighted by atomic mass is 9.79. The van der Waals surface area contributed by atoms with Crippen LogP contribution in [0.1, 0.15) is 44.1 Å². The van der Waals surface area contributed by atoms with Gasteiger partial charge in [0.15, 0.2) is 0 Å². The van der Waals surface area contributed by atoms with Gasteiger partial charge < -0.3 is 10.2 Å². The molecule has 0 unspecified atom stereocenters. The van der Waals surface area contributed by atoms with E-state index in [0.29, 0.717) is 6.42 Å². The molecule has 0 aromatic heterocycles. The zero-order valence-electron chi connectivity index (χ0n) is 13.4. The van der Waals surface area contributed by atoms with E-state index in [9.17, 15) is 4.79 Å². The Balaban J connectivity index is 1.84. The summed E-state index contributed by atoms with van der Waals surface area (Å²) >= 11 is 0. The van der Waals surface area contributed by atoms with E-state index in [2.05, 4.69) is 29.6 Å². The first-order valence-corrected chi connectivity index (χ1v) is 8.12. The molecule has 21 heavy (non-hydrogen) atoms. The highest BCUT2D eigenvalue weighted by Gasteiger charge is 2.33. The summed E-state index contributed by atoms with van der Waals surface area (Å²) in [4.78, 5) is 14.4. The normalized spacial score (nSPS) is 17.4. The molecule has 0 radical (unpaired) electrons. The molecule has 3 heteroatoms. The first-order chi connectivity index (χ1) is 10.2. The first kappa shape index (κ1) is 16.0. The maximum atomic E-state index is 12.5. The monoisotopic (exact) mass is 288 g/mol. The average molecular weight is 288 g/mol. The van der Waals surface area contributed by atoms with Crippen LogP contribution >= 0.6 is 0 Å².